The molecule has 0 aliphatic carbocycles. The number of hydrogen-bond donors (Lipinski definition) is 2. The minimum Gasteiger partial charge on any atom is -0.497 e. The first kappa shape index (κ1) is 15.8. The van der Waals surface area contributed by atoms with Crippen molar-refractivity contribution in [3.8, 4) is 5.75 Å². The third kappa shape index (κ3) is 2.88. The van der Waals surface area contributed by atoms with E-state index in [1.165, 1.54) is 6.20 Å². The second-order valence-electron chi connectivity index (χ2n) is 5.43. The molecule has 5 nitrogen and oxygen atoms in total. The molecule has 3 aromatic rings. The van der Waals surface area contributed by atoms with Crippen LogP contribution in [0.15, 0.2) is 48.7 Å². The van der Waals surface area contributed by atoms with Gasteiger partial charge in [0, 0.05) is 23.3 Å². The highest BCUT2D eigenvalue weighted by atomic mass is 16.5. The second kappa shape index (κ2) is 6.58. The van der Waals surface area contributed by atoms with Gasteiger partial charge in [0.05, 0.1) is 23.9 Å². The maximum absolute atomic E-state index is 11.9. The molecule has 0 saturated heterocycles. The van der Waals surface area contributed by atoms with Gasteiger partial charge in [-0.25, -0.2) is 0 Å². The van der Waals surface area contributed by atoms with Crippen molar-refractivity contribution in [3.63, 3.8) is 0 Å². The number of ether oxygens (including phenoxy) is 1. The molecule has 0 bridgehead atoms. The third-order valence-corrected chi connectivity index (χ3v) is 4.00. The van der Waals surface area contributed by atoms with Crippen molar-refractivity contribution in [2.75, 3.05) is 12.4 Å². The van der Waals surface area contributed by atoms with Crippen molar-refractivity contribution in [2.45, 2.75) is 13.3 Å². The highest BCUT2D eigenvalue weighted by molar-refractivity contribution is 6.07. The molecule has 122 valence electrons. The van der Waals surface area contributed by atoms with Crippen LogP contribution in [0.5, 0.6) is 5.75 Å². The second-order valence-corrected chi connectivity index (χ2v) is 5.43. The number of hydrogen-bond acceptors (Lipinski definition) is 4. The van der Waals surface area contributed by atoms with E-state index in [0.717, 1.165) is 28.6 Å². The van der Waals surface area contributed by atoms with Gasteiger partial charge in [-0.1, -0.05) is 25.1 Å². The van der Waals surface area contributed by atoms with Gasteiger partial charge in [0.15, 0.2) is 0 Å². The van der Waals surface area contributed by atoms with E-state index >= 15 is 0 Å². The number of anilines is 2. The normalized spacial score (nSPS) is 10.6. The standard InChI is InChI=1S/C19H19N3O2/c1-3-12-6-4-5-7-16(12)22-18-14-9-8-13(24-2)10-17(14)21-11-15(18)19(20)23/h4-11H,3H2,1-2H3,(H2,20,23)(H,21,22). The monoisotopic (exact) mass is 321 g/mol. The van der Waals surface area contributed by atoms with Crippen molar-refractivity contribution < 1.29 is 9.53 Å². The minimum absolute atomic E-state index is 0.360. The first-order valence-electron chi connectivity index (χ1n) is 7.75. The quantitative estimate of drug-likeness (QED) is 0.752. The zero-order valence-corrected chi connectivity index (χ0v) is 13.7. The molecule has 0 fully saturated rings. The molecule has 0 saturated carbocycles. The van der Waals surface area contributed by atoms with Gasteiger partial charge in [0.1, 0.15) is 5.75 Å². The van der Waals surface area contributed by atoms with E-state index in [2.05, 4.69) is 23.3 Å². The lowest BCUT2D eigenvalue weighted by Gasteiger charge is -2.16. The molecule has 1 amide bonds. The molecule has 0 spiro atoms. The Kier molecular flexibility index (Phi) is 4.33. The van der Waals surface area contributed by atoms with Gasteiger partial charge in [-0.05, 0) is 30.2 Å². The van der Waals surface area contributed by atoms with Gasteiger partial charge < -0.3 is 15.8 Å². The van der Waals surface area contributed by atoms with Crippen LogP contribution in [-0.2, 0) is 6.42 Å². The lowest BCUT2D eigenvalue weighted by molar-refractivity contribution is 0.100. The van der Waals surface area contributed by atoms with Crippen molar-refractivity contribution >= 4 is 28.2 Å². The Morgan fingerprint density at radius 3 is 2.75 bits per heavy atom. The van der Waals surface area contributed by atoms with Crippen LogP contribution in [0, 0.1) is 0 Å². The number of rotatable bonds is 5. The number of fused-ring (bicyclic) bond motifs is 1. The van der Waals surface area contributed by atoms with Gasteiger partial charge in [0.25, 0.3) is 5.91 Å². The van der Waals surface area contributed by atoms with Crippen LogP contribution in [0.2, 0.25) is 0 Å². The van der Waals surface area contributed by atoms with E-state index in [1.807, 2.05) is 36.4 Å². The zero-order valence-electron chi connectivity index (χ0n) is 13.7. The molecule has 1 aromatic heterocycles. The number of pyridine rings is 1. The molecule has 0 aliphatic rings. The van der Waals surface area contributed by atoms with Crippen LogP contribution in [-0.4, -0.2) is 18.0 Å². The zero-order chi connectivity index (χ0) is 17.1. The molecule has 0 atom stereocenters. The predicted octanol–water partition coefficient (Wildman–Crippen LogP) is 3.65. The number of nitrogens with two attached hydrogens (primary N) is 1. The van der Waals surface area contributed by atoms with E-state index in [1.54, 1.807) is 7.11 Å². The van der Waals surface area contributed by atoms with Gasteiger partial charge in [0.2, 0.25) is 0 Å². The topological polar surface area (TPSA) is 77.2 Å². The number of carbonyl (C=O) groups excluding carboxylic acids is 1. The predicted molar refractivity (Wildman–Crippen MR) is 95.9 cm³/mol. The number of aryl methyl sites for hydroxylation is 1. The molecular formula is C19H19N3O2. The van der Waals surface area contributed by atoms with Gasteiger partial charge >= 0.3 is 0 Å². The summed E-state index contributed by atoms with van der Waals surface area (Å²) >= 11 is 0. The fourth-order valence-corrected chi connectivity index (χ4v) is 2.71. The summed E-state index contributed by atoms with van der Waals surface area (Å²) in [6, 6.07) is 13.5. The Morgan fingerprint density at radius 2 is 2.04 bits per heavy atom. The number of amides is 1. The third-order valence-electron chi connectivity index (χ3n) is 4.00. The summed E-state index contributed by atoms with van der Waals surface area (Å²) in [6.07, 6.45) is 2.38. The Bertz CT molecular complexity index is 906. The largest absolute Gasteiger partial charge is 0.497 e. The van der Waals surface area contributed by atoms with Crippen molar-refractivity contribution in [3.05, 3.63) is 59.8 Å². The molecule has 2 aromatic carbocycles. The molecule has 5 heteroatoms. The van der Waals surface area contributed by atoms with Crippen LogP contribution >= 0.6 is 0 Å². The number of primary amides is 1. The fraction of sp³-hybridized carbons (Fsp3) is 0.158. The molecule has 24 heavy (non-hydrogen) atoms. The fourth-order valence-electron chi connectivity index (χ4n) is 2.71. The van der Waals surface area contributed by atoms with Gasteiger partial charge in [-0.3, -0.25) is 9.78 Å². The average molecular weight is 321 g/mol. The molecule has 1 heterocycles. The molecular weight excluding hydrogens is 302 g/mol. The summed E-state index contributed by atoms with van der Waals surface area (Å²) < 4.78 is 5.24. The van der Waals surface area contributed by atoms with Crippen molar-refractivity contribution in [2.24, 2.45) is 5.73 Å². The molecule has 0 radical (unpaired) electrons. The molecule has 3 rings (SSSR count). The van der Waals surface area contributed by atoms with Crippen LogP contribution in [0.3, 0.4) is 0 Å². The molecule has 0 aliphatic heterocycles. The SMILES string of the molecule is CCc1ccccc1Nc1c(C(N)=O)cnc2cc(OC)ccc12. The Balaban J connectivity index is 2.19. The number of aromatic nitrogens is 1. The van der Waals surface area contributed by atoms with Crippen LogP contribution < -0.4 is 15.8 Å². The smallest absolute Gasteiger partial charge is 0.252 e. The molecule has 0 unspecified atom stereocenters. The number of nitrogens with one attached hydrogen (secondary N) is 1. The van der Waals surface area contributed by atoms with Crippen LogP contribution in [0.1, 0.15) is 22.8 Å². The maximum Gasteiger partial charge on any atom is 0.252 e. The highest BCUT2D eigenvalue weighted by Crippen LogP contribution is 2.32. The maximum atomic E-state index is 11.9. The Hall–Kier alpha value is -3.08. The first-order valence-corrected chi connectivity index (χ1v) is 7.75. The summed E-state index contributed by atoms with van der Waals surface area (Å²) in [7, 11) is 1.61. The summed E-state index contributed by atoms with van der Waals surface area (Å²) in [5.41, 5.74) is 9.41. The van der Waals surface area contributed by atoms with Crippen LogP contribution in [0.25, 0.3) is 10.9 Å². The number of nitrogens with zero attached hydrogens (tertiary/aromatic N) is 1. The van der Waals surface area contributed by atoms with E-state index in [4.69, 9.17) is 10.5 Å². The number of para-hydroxylation sites is 1. The average Bonchev–Trinajstić information content (AvgIpc) is 2.61. The number of benzene rings is 2. The summed E-state index contributed by atoms with van der Waals surface area (Å²) in [5, 5.41) is 4.19. The van der Waals surface area contributed by atoms with E-state index in [0.29, 0.717) is 17.0 Å². The summed E-state index contributed by atoms with van der Waals surface area (Å²) in [4.78, 5) is 16.2. The van der Waals surface area contributed by atoms with Crippen molar-refractivity contribution in [1.82, 2.24) is 4.98 Å². The lowest BCUT2D eigenvalue weighted by atomic mass is 10.1. The van der Waals surface area contributed by atoms with Gasteiger partial charge in [-0.2, -0.15) is 0 Å². The lowest BCUT2D eigenvalue weighted by Crippen LogP contribution is -2.14. The van der Waals surface area contributed by atoms with Crippen LogP contribution in [0.4, 0.5) is 11.4 Å². The molecule has 3 N–H and O–H groups in total. The summed E-state index contributed by atoms with van der Waals surface area (Å²) in [5.74, 6) is 0.193. The van der Waals surface area contributed by atoms with Crippen molar-refractivity contribution in [1.29, 1.82) is 0 Å². The summed E-state index contributed by atoms with van der Waals surface area (Å²) in [6.45, 7) is 2.09. The number of carbonyl (C=O) groups is 1. The van der Waals surface area contributed by atoms with E-state index < -0.39 is 5.91 Å². The minimum atomic E-state index is -0.517. The van der Waals surface area contributed by atoms with E-state index in [-0.39, 0.29) is 0 Å². The van der Waals surface area contributed by atoms with Gasteiger partial charge in [-0.15, -0.1) is 0 Å². The Morgan fingerprint density at radius 1 is 1.25 bits per heavy atom. The number of methoxy groups -OCH3 is 1. The van der Waals surface area contributed by atoms with E-state index in [9.17, 15) is 4.79 Å². The first-order chi connectivity index (χ1) is 11.6. The highest BCUT2D eigenvalue weighted by Gasteiger charge is 2.15. The Labute approximate surface area is 140 Å².